The van der Waals surface area contributed by atoms with Crippen molar-refractivity contribution in [1.82, 2.24) is 5.32 Å². The number of rotatable bonds is 3. The van der Waals surface area contributed by atoms with Gasteiger partial charge in [0.2, 0.25) is 0 Å². The maximum Gasteiger partial charge on any atom is 0.270 e. The van der Waals surface area contributed by atoms with Crippen LogP contribution in [0.15, 0.2) is 18.2 Å². The Bertz CT molecular complexity index is 479. The molecule has 0 aliphatic carbocycles. The highest BCUT2D eigenvalue weighted by atomic mass is 127. The third-order valence-corrected chi connectivity index (χ3v) is 2.70. The Hall–Kier alpha value is -1.62. The molecule has 1 amide bonds. The summed E-state index contributed by atoms with van der Waals surface area (Å²) >= 11 is 1.93. The topological polar surface area (TPSA) is 72.2 Å². The highest BCUT2D eigenvalue weighted by molar-refractivity contribution is 14.1. The molecule has 0 aliphatic heterocycles. The van der Waals surface area contributed by atoms with E-state index in [0.29, 0.717) is 3.57 Å². The average Bonchev–Trinajstić information content (AvgIpc) is 2.26. The first-order valence-corrected chi connectivity index (χ1v) is 5.29. The van der Waals surface area contributed by atoms with Crippen LogP contribution in [0, 0.1) is 26.0 Å². The van der Waals surface area contributed by atoms with E-state index in [0.717, 1.165) is 0 Å². The summed E-state index contributed by atoms with van der Waals surface area (Å²) in [6.45, 7) is 0.0948. The molecule has 0 atom stereocenters. The van der Waals surface area contributed by atoms with Crippen molar-refractivity contribution in [1.29, 1.82) is 0 Å². The van der Waals surface area contributed by atoms with Crippen molar-refractivity contribution < 1.29 is 9.72 Å². The fraction of sp³-hybridized carbons (Fsp3) is 0.100. The minimum absolute atomic E-state index is 0.0948. The summed E-state index contributed by atoms with van der Waals surface area (Å²) in [4.78, 5) is 21.6. The smallest absolute Gasteiger partial charge is 0.270 e. The Balaban J connectivity index is 3.03. The Kier molecular flexibility index (Phi) is 4.25. The van der Waals surface area contributed by atoms with Crippen LogP contribution in [0.25, 0.3) is 0 Å². The number of carbonyl (C=O) groups excluding carboxylic acids is 1. The van der Waals surface area contributed by atoms with E-state index in [1.54, 1.807) is 0 Å². The molecular weight excluding hydrogens is 323 g/mol. The molecule has 0 bridgehead atoms. The van der Waals surface area contributed by atoms with Gasteiger partial charge in [-0.05, 0) is 28.7 Å². The second-order valence-electron chi connectivity index (χ2n) is 2.81. The number of nitro groups is 1. The number of nitrogens with zero attached hydrogens (tertiary/aromatic N) is 1. The van der Waals surface area contributed by atoms with E-state index in [4.69, 9.17) is 6.42 Å². The lowest BCUT2D eigenvalue weighted by molar-refractivity contribution is -0.384. The normalized spacial score (nSPS) is 9.25. The van der Waals surface area contributed by atoms with Crippen LogP contribution in [-0.2, 0) is 0 Å². The third kappa shape index (κ3) is 2.93. The van der Waals surface area contributed by atoms with Gasteiger partial charge in [0.25, 0.3) is 11.6 Å². The number of amides is 1. The monoisotopic (exact) mass is 330 g/mol. The summed E-state index contributed by atoms with van der Waals surface area (Å²) in [6.07, 6.45) is 5.00. The van der Waals surface area contributed by atoms with Crippen LogP contribution < -0.4 is 5.32 Å². The van der Waals surface area contributed by atoms with Gasteiger partial charge in [0.1, 0.15) is 0 Å². The first kappa shape index (κ1) is 12.4. The number of halogens is 1. The van der Waals surface area contributed by atoms with Crippen molar-refractivity contribution in [2.24, 2.45) is 0 Å². The molecule has 0 saturated carbocycles. The van der Waals surface area contributed by atoms with Gasteiger partial charge in [-0.2, -0.15) is 0 Å². The Morgan fingerprint density at radius 3 is 2.88 bits per heavy atom. The Morgan fingerprint density at radius 2 is 2.31 bits per heavy atom. The SMILES string of the molecule is C#CCNC(=O)c1cc([N+](=O)[O-])ccc1I. The van der Waals surface area contributed by atoms with Gasteiger partial charge in [-0.15, -0.1) is 6.42 Å². The minimum atomic E-state index is -0.548. The number of hydrogen-bond donors (Lipinski definition) is 1. The summed E-state index contributed by atoms with van der Waals surface area (Å²) in [7, 11) is 0. The molecule has 0 spiro atoms. The third-order valence-electron chi connectivity index (χ3n) is 1.76. The predicted molar refractivity (Wildman–Crippen MR) is 67.0 cm³/mol. The first-order valence-electron chi connectivity index (χ1n) is 4.22. The number of carbonyl (C=O) groups is 1. The molecular formula is C10H7IN2O3. The Morgan fingerprint density at radius 1 is 1.62 bits per heavy atom. The molecule has 6 heteroatoms. The maximum absolute atomic E-state index is 11.6. The fourth-order valence-corrected chi connectivity index (χ4v) is 1.61. The molecule has 5 nitrogen and oxygen atoms in total. The van der Waals surface area contributed by atoms with E-state index in [-0.39, 0.29) is 17.8 Å². The maximum atomic E-state index is 11.6. The van der Waals surface area contributed by atoms with E-state index in [9.17, 15) is 14.9 Å². The quantitative estimate of drug-likeness (QED) is 0.396. The lowest BCUT2D eigenvalue weighted by Crippen LogP contribution is -2.24. The molecule has 1 N–H and O–H groups in total. The number of nitrogens with one attached hydrogen (secondary N) is 1. The van der Waals surface area contributed by atoms with Crippen molar-refractivity contribution in [3.05, 3.63) is 37.4 Å². The lowest BCUT2D eigenvalue weighted by Gasteiger charge is -2.03. The molecule has 0 radical (unpaired) electrons. The highest BCUT2D eigenvalue weighted by Gasteiger charge is 2.14. The number of hydrogen-bond acceptors (Lipinski definition) is 3. The number of benzene rings is 1. The molecule has 0 unspecified atom stereocenters. The second kappa shape index (κ2) is 5.46. The molecule has 0 saturated heterocycles. The highest BCUT2D eigenvalue weighted by Crippen LogP contribution is 2.19. The molecule has 82 valence electrons. The number of nitro benzene ring substituents is 1. The fourth-order valence-electron chi connectivity index (χ4n) is 1.03. The van der Waals surface area contributed by atoms with Gasteiger partial charge in [0.15, 0.2) is 0 Å². The van der Waals surface area contributed by atoms with Crippen LogP contribution in [0.3, 0.4) is 0 Å². The number of terminal acetylenes is 1. The van der Waals surface area contributed by atoms with Gasteiger partial charge in [-0.3, -0.25) is 14.9 Å². The van der Waals surface area contributed by atoms with E-state index < -0.39 is 10.8 Å². The van der Waals surface area contributed by atoms with Gasteiger partial charge in [-0.25, -0.2) is 0 Å². The summed E-state index contributed by atoms with van der Waals surface area (Å²) < 4.78 is 0.637. The Labute approximate surface area is 106 Å². The van der Waals surface area contributed by atoms with Crippen LogP contribution >= 0.6 is 22.6 Å². The molecule has 0 aromatic heterocycles. The van der Waals surface area contributed by atoms with Crippen molar-refractivity contribution in [3.63, 3.8) is 0 Å². The first-order chi connectivity index (χ1) is 7.56. The largest absolute Gasteiger partial charge is 0.341 e. The van der Waals surface area contributed by atoms with Crippen molar-refractivity contribution in [3.8, 4) is 12.3 Å². The van der Waals surface area contributed by atoms with Crippen LogP contribution in [0.5, 0.6) is 0 Å². The molecule has 1 aromatic carbocycles. The molecule has 1 rings (SSSR count). The summed E-state index contributed by atoms with van der Waals surface area (Å²) in [5.41, 5.74) is 0.135. The van der Waals surface area contributed by atoms with Gasteiger partial charge < -0.3 is 5.32 Å². The van der Waals surface area contributed by atoms with Crippen LogP contribution in [-0.4, -0.2) is 17.4 Å². The molecule has 16 heavy (non-hydrogen) atoms. The summed E-state index contributed by atoms with van der Waals surface area (Å²) in [5, 5.41) is 13.0. The van der Waals surface area contributed by atoms with Crippen molar-refractivity contribution >= 4 is 34.2 Å². The molecule has 0 fully saturated rings. The average molecular weight is 330 g/mol. The molecule has 0 aliphatic rings. The zero-order valence-corrected chi connectivity index (χ0v) is 10.2. The molecule has 1 aromatic rings. The van der Waals surface area contributed by atoms with E-state index in [1.807, 2.05) is 22.6 Å². The number of non-ortho nitro benzene ring substituents is 1. The van der Waals surface area contributed by atoms with Gasteiger partial charge in [0.05, 0.1) is 17.0 Å². The predicted octanol–water partition coefficient (Wildman–Crippen LogP) is 1.56. The van der Waals surface area contributed by atoms with Crippen LogP contribution in [0.4, 0.5) is 5.69 Å². The van der Waals surface area contributed by atoms with E-state index in [2.05, 4.69) is 11.2 Å². The van der Waals surface area contributed by atoms with Gasteiger partial charge in [0, 0.05) is 15.7 Å². The van der Waals surface area contributed by atoms with E-state index >= 15 is 0 Å². The minimum Gasteiger partial charge on any atom is -0.341 e. The standard InChI is InChI=1S/C10H7IN2O3/c1-2-5-12-10(14)8-6-7(13(15)16)3-4-9(8)11/h1,3-4,6H,5H2,(H,12,14). The van der Waals surface area contributed by atoms with Crippen LogP contribution in [0.2, 0.25) is 0 Å². The van der Waals surface area contributed by atoms with Gasteiger partial charge in [-0.1, -0.05) is 5.92 Å². The van der Waals surface area contributed by atoms with Crippen LogP contribution in [0.1, 0.15) is 10.4 Å². The lowest BCUT2D eigenvalue weighted by atomic mass is 10.2. The van der Waals surface area contributed by atoms with Crippen molar-refractivity contribution in [2.75, 3.05) is 6.54 Å². The summed E-state index contributed by atoms with van der Waals surface area (Å²) in [6, 6.07) is 4.09. The zero-order valence-electron chi connectivity index (χ0n) is 8.07. The van der Waals surface area contributed by atoms with Gasteiger partial charge >= 0.3 is 0 Å². The second-order valence-corrected chi connectivity index (χ2v) is 3.97. The summed E-state index contributed by atoms with van der Waals surface area (Å²) in [5.74, 6) is 1.85. The zero-order chi connectivity index (χ0) is 12.1. The molecule has 0 heterocycles. The van der Waals surface area contributed by atoms with Crippen molar-refractivity contribution in [2.45, 2.75) is 0 Å². The van der Waals surface area contributed by atoms with E-state index in [1.165, 1.54) is 18.2 Å².